The molecule has 128 valence electrons. The summed E-state index contributed by atoms with van der Waals surface area (Å²) in [5.41, 5.74) is 2.54. The van der Waals surface area contributed by atoms with Crippen LogP contribution in [0.3, 0.4) is 0 Å². The molecule has 4 aromatic rings. The lowest BCUT2D eigenvalue weighted by Gasteiger charge is -2.23. The van der Waals surface area contributed by atoms with E-state index in [9.17, 15) is 5.11 Å². The first-order valence-corrected chi connectivity index (χ1v) is 8.60. The molecule has 1 atom stereocenters. The summed E-state index contributed by atoms with van der Waals surface area (Å²) in [4.78, 5) is 8.77. The van der Waals surface area contributed by atoms with Gasteiger partial charge in [0.15, 0.2) is 0 Å². The summed E-state index contributed by atoms with van der Waals surface area (Å²) >= 11 is 6.06. The lowest BCUT2D eigenvalue weighted by Crippen LogP contribution is -2.14. The molecule has 26 heavy (non-hydrogen) atoms. The number of hydrogen-bond acceptors (Lipinski definition) is 4. The van der Waals surface area contributed by atoms with Crippen molar-refractivity contribution in [2.75, 3.05) is 5.32 Å². The van der Waals surface area contributed by atoms with Crippen LogP contribution in [0, 0.1) is 0 Å². The van der Waals surface area contributed by atoms with Crippen LogP contribution in [0.15, 0.2) is 79.1 Å². The molecule has 2 heterocycles. The molecule has 0 bridgehead atoms. The number of fused-ring (bicyclic) bond motifs is 1. The molecule has 0 aliphatic rings. The van der Waals surface area contributed by atoms with E-state index in [0.717, 1.165) is 22.0 Å². The number of aromatic hydroxyl groups is 1. The van der Waals surface area contributed by atoms with Crippen LogP contribution >= 0.6 is 11.6 Å². The number of nitrogens with zero attached hydrogens (tertiary/aromatic N) is 2. The summed E-state index contributed by atoms with van der Waals surface area (Å²) < 4.78 is 0. The number of hydrogen-bond donors (Lipinski definition) is 2. The maximum Gasteiger partial charge on any atom is 0.126 e. The third-order valence-electron chi connectivity index (χ3n) is 4.25. The molecule has 0 aliphatic heterocycles. The van der Waals surface area contributed by atoms with Gasteiger partial charge < -0.3 is 10.4 Å². The minimum atomic E-state index is -0.310. The Morgan fingerprint density at radius 3 is 2.42 bits per heavy atom. The molecule has 0 fully saturated rings. The van der Waals surface area contributed by atoms with Gasteiger partial charge in [-0.15, -0.1) is 0 Å². The number of nitrogens with one attached hydrogen (secondary N) is 1. The van der Waals surface area contributed by atoms with Gasteiger partial charge in [-0.1, -0.05) is 35.9 Å². The van der Waals surface area contributed by atoms with E-state index in [-0.39, 0.29) is 11.8 Å². The Labute approximate surface area is 156 Å². The van der Waals surface area contributed by atoms with Gasteiger partial charge in [0.25, 0.3) is 0 Å². The first kappa shape index (κ1) is 16.4. The minimum Gasteiger partial charge on any atom is -0.508 e. The van der Waals surface area contributed by atoms with E-state index in [1.807, 2.05) is 60.7 Å². The van der Waals surface area contributed by atoms with Crippen LogP contribution in [0.25, 0.3) is 10.9 Å². The highest BCUT2D eigenvalue weighted by molar-refractivity contribution is 6.30. The van der Waals surface area contributed by atoms with Crippen LogP contribution in [0.1, 0.15) is 17.2 Å². The lowest BCUT2D eigenvalue weighted by molar-refractivity contribution is 0.468. The quantitative estimate of drug-likeness (QED) is 0.525. The number of benzene rings is 2. The van der Waals surface area contributed by atoms with Crippen molar-refractivity contribution in [2.24, 2.45) is 0 Å². The minimum absolute atomic E-state index is 0.203. The van der Waals surface area contributed by atoms with Gasteiger partial charge in [0.05, 0.1) is 11.6 Å². The summed E-state index contributed by atoms with van der Waals surface area (Å²) in [6, 6.07) is 20.2. The van der Waals surface area contributed by atoms with E-state index in [0.29, 0.717) is 10.8 Å². The van der Waals surface area contributed by atoms with Crippen molar-refractivity contribution in [1.82, 2.24) is 9.97 Å². The monoisotopic (exact) mass is 361 g/mol. The summed E-state index contributed by atoms with van der Waals surface area (Å²) in [6.07, 6.45) is 3.47. The summed E-state index contributed by atoms with van der Waals surface area (Å²) in [7, 11) is 0. The molecule has 0 amide bonds. The molecule has 0 spiro atoms. The molecular formula is C21H16ClN3O. The Morgan fingerprint density at radius 1 is 0.846 bits per heavy atom. The van der Waals surface area contributed by atoms with Gasteiger partial charge in [-0.05, 0) is 48.0 Å². The fourth-order valence-corrected chi connectivity index (χ4v) is 3.17. The zero-order valence-corrected chi connectivity index (χ0v) is 14.6. The van der Waals surface area contributed by atoms with E-state index in [1.165, 1.54) is 0 Å². The maximum atomic E-state index is 10.7. The van der Waals surface area contributed by atoms with Crippen molar-refractivity contribution in [1.29, 1.82) is 0 Å². The second-order valence-electron chi connectivity index (χ2n) is 5.91. The first-order valence-electron chi connectivity index (χ1n) is 8.22. The van der Waals surface area contributed by atoms with E-state index >= 15 is 0 Å². The molecule has 0 saturated heterocycles. The average Bonchev–Trinajstić information content (AvgIpc) is 2.68. The van der Waals surface area contributed by atoms with Gasteiger partial charge in [0.1, 0.15) is 11.6 Å². The predicted molar refractivity (Wildman–Crippen MR) is 105 cm³/mol. The molecule has 0 aliphatic carbocycles. The van der Waals surface area contributed by atoms with Crippen molar-refractivity contribution in [3.63, 3.8) is 0 Å². The zero-order valence-electron chi connectivity index (χ0n) is 13.8. The number of anilines is 1. The topological polar surface area (TPSA) is 58.0 Å². The highest BCUT2D eigenvalue weighted by atomic mass is 35.5. The fraction of sp³-hybridized carbons (Fsp3) is 0.0476. The summed E-state index contributed by atoms with van der Waals surface area (Å²) in [6.45, 7) is 0. The molecule has 2 N–H and O–H groups in total. The van der Waals surface area contributed by atoms with E-state index < -0.39 is 0 Å². The average molecular weight is 362 g/mol. The first-order chi connectivity index (χ1) is 12.7. The van der Waals surface area contributed by atoms with Crippen LogP contribution in [0.4, 0.5) is 5.82 Å². The van der Waals surface area contributed by atoms with E-state index in [2.05, 4.69) is 15.3 Å². The Bertz CT molecular complexity index is 1040. The van der Waals surface area contributed by atoms with Gasteiger partial charge in [0.2, 0.25) is 0 Å². The maximum absolute atomic E-state index is 10.7. The van der Waals surface area contributed by atoms with Gasteiger partial charge in [-0.2, -0.15) is 0 Å². The number of rotatable bonds is 4. The highest BCUT2D eigenvalue weighted by Gasteiger charge is 2.21. The molecule has 0 saturated carbocycles. The number of pyridine rings is 2. The van der Waals surface area contributed by atoms with Crippen molar-refractivity contribution < 1.29 is 5.11 Å². The second kappa shape index (κ2) is 7.02. The molecule has 5 heteroatoms. The van der Waals surface area contributed by atoms with Crippen LogP contribution < -0.4 is 5.32 Å². The number of phenolic OH excluding ortho intramolecular Hbond substituents is 1. The number of aromatic nitrogens is 2. The number of halogens is 1. The largest absolute Gasteiger partial charge is 0.508 e. The zero-order chi connectivity index (χ0) is 17.9. The van der Waals surface area contributed by atoms with Gasteiger partial charge in [0, 0.05) is 28.4 Å². The van der Waals surface area contributed by atoms with Gasteiger partial charge >= 0.3 is 0 Å². The van der Waals surface area contributed by atoms with Crippen LogP contribution in [0.5, 0.6) is 5.75 Å². The Kier molecular flexibility index (Phi) is 4.42. The summed E-state index contributed by atoms with van der Waals surface area (Å²) in [5.74, 6) is 0.918. The van der Waals surface area contributed by atoms with Crippen molar-refractivity contribution >= 4 is 28.3 Å². The Balaban J connectivity index is 1.91. The standard InChI is InChI=1S/C21H16ClN3O/c22-15-8-6-14(7-9-15)21(25-19-5-1-2-12-24-19)20-16-4-3-13-23-17(16)10-11-18(20)26/h1-13,21,26H,(H,24,25). The third kappa shape index (κ3) is 3.19. The normalized spacial score (nSPS) is 12.0. The predicted octanol–water partition coefficient (Wildman–Crippen LogP) is 5.19. The molecule has 0 radical (unpaired) electrons. The SMILES string of the molecule is Oc1ccc2ncccc2c1C(Nc1ccccn1)c1ccc(Cl)cc1. The molecule has 4 rings (SSSR count). The lowest BCUT2D eigenvalue weighted by atomic mass is 9.94. The van der Waals surface area contributed by atoms with Crippen molar-refractivity contribution in [3.05, 3.63) is 95.3 Å². The summed E-state index contributed by atoms with van der Waals surface area (Å²) in [5, 5.41) is 15.6. The van der Waals surface area contributed by atoms with Crippen LogP contribution in [0.2, 0.25) is 5.02 Å². The van der Waals surface area contributed by atoms with E-state index in [4.69, 9.17) is 11.6 Å². The molecule has 1 unspecified atom stereocenters. The Hall–Kier alpha value is -3.11. The third-order valence-corrected chi connectivity index (χ3v) is 4.50. The van der Waals surface area contributed by atoms with Gasteiger partial charge in [-0.3, -0.25) is 4.98 Å². The molecule has 4 nitrogen and oxygen atoms in total. The molecular weight excluding hydrogens is 346 g/mol. The smallest absolute Gasteiger partial charge is 0.126 e. The van der Waals surface area contributed by atoms with Crippen LogP contribution in [-0.2, 0) is 0 Å². The van der Waals surface area contributed by atoms with E-state index in [1.54, 1.807) is 18.5 Å². The molecule has 2 aromatic carbocycles. The Morgan fingerprint density at radius 2 is 1.65 bits per heavy atom. The molecule has 2 aromatic heterocycles. The van der Waals surface area contributed by atoms with Crippen molar-refractivity contribution in [2.45, 2.75) is 6.04 Å². The highest BCUT2D eigenvalue weighted by Crippen LogP contribution is 2.37. The van der Waals surface area contributed by atoms with Gasteiger partial charge in [-0.25, -0.2) is 4.98 Å². The number of phenols is 1. The second-order valence-corrected chi connectivity index (χ2v) is 6.35. The fourth-order valence-electron chi connectivity index (χ4n) is 3.04. The van der Waals surface area contributed by atoms with Crippen molar-refractivity contribution in [3.8, 4) is 5.75 Å². The van der Waals surface area contributed by atoms with Crippen LogP contribution in [-0.4, -0.2) is 15.1 Å².